The maximum Gasteiger partial charge on any atom is 0.333 e. The molecule has 3 rings (SSSR count). The summed E-state index contributed by atoms with van der Waals surface area (Å²) in [5, 5.41) is 11.8. The summed E-state index contributed by atoms with van der Waals surface area (Å²) in [6, 6.07) is 7.51. The number of ether oxygens (including phenoxy) is 1. The second-order valence-electron chi connectivity index (χ2n) is 7.10. The lowest BCUT2D eigenvalue weighted by Gasteiger charge is -2.23. The smallest absolute Gasteiger partial charge is 0.333 e. The molecule has 0 aliphatic carbocycles. The third-order valence-electron chi connectivity index (χ3n) is 4.92. The zero-order valence-corrected chi connectivity index (χ0v) is 17.0. The molecule has 7 nitrogen and oxygen atoms in total. The van der Waals surface area contributed by atoms with Crippen molar-refractivity contribution in [3.05, 3.63) is 61.6 Å². The van der Waals surface area contributed by atoms with Gasteiger partial charge < -0.3 is 9.84 Å². The van der Waals surface area contributed by atoms with Gasteiger partial charge in [-0.15, -0.1) is 11.3 Å². The number of hydrogen-bond donors (Lipinski definition) is 1. The average Bonchev–Trinajstić information content (AvgIpc) is 3.03. The summed E-state index contributed by atoms with van der Waals surface area (Å²) in [5.74, 6) is -0.524. The standard InChI is InChI=1S/C20H22N2O5S/c1-12-11-28-17-15(12)16(23)22(20(2,3)18(24)25)19(26)21(17)10-9-13-7-5-6-8-14(13)27-4/h5-8,11H,9-10H2,1-4H3,(H,24,25). The third kappa shape index (κ3) is 3.13. The molecule has 28 heavy (non-hydrogen) atoms. The number of aliphatic carboxylic acids is 1. The minimum Gasteiger partial charge on any atom is -0.496 e. The highest BCUT2D eigenvalue weighted by Crippen LogP contribution is 2.24. The molecular weight excluding hydrogens is 380 g/mol. The van der Waals surface area contributed by atoms with E-state index in [-0.39, 0.29) is 0 Å². The number of methoxy groups -OCH3 is 1. The maximum atomic E-state index is 13.2. The highest BCUT2D eigenvalue weighted by molar-refractivity contribution is 7.17. The molecule has 0 bridgehead atoms. The average molecular weight is 402 g/mol. The van der Waals surface area contributed by atoms with Crippen molar-refractivity contribution in [2.45, 2.75) is 39.3 Å². The molecule has 2 aromatic heterocycles. The van der Waals surface area contributed by atoms with Crippen LogP contribution in [0, 0.1) is 6.92 Å². The molecule has 2 heterocycles. The first-order valence-electron chi connectivity index (χ1n) is 8.79. The van der Waals surface area contributed by atoms with Gasteiger partial charge in [-0.3, -0.25) is 9.36 Å². The SMILES string of the molecule is COc1ccccc1CCn1c(=O)n(C(C)(C)C(=O)O)c(=O)c2c(C)csc21. The molecule has 0 amide bonds. The Kier molecular flexibility index (Phi) is 5.16. The molecule has 0 radical (unpaired) electrons. The summed E-state index contributed by atoms with van der Waals surface area (Å²) >= 11 is 1.31. The number of fused-ring (bicyclic) bond motifs is 1. The fourth-order valence-electron chi connectivity index (χ4n) is 3.22. The molecule has 0 spiro atoms. The number of benzene rings is 1. The number of carboxylic acids is 1. The van der Waals surface area contributed by atoms with Gasteiger partial charge in [0.2, 0.25) is 0 Å². The lowest BCUT2D eigenvalue weighted by molar-refractivity contribution is -0.146. The molecule has 0 aliphatic rings. The van der Waals surface area contributed by atoms with Crippen molar-refractivity contribution >= 4 is 27.5 Å². The monoisotopic (exact) mass is 402 g/mol. The van der Waals surface area contributed by atoms with Gasteiger partial charge >= 0.3 is 11.7 Å². The van der Waals surface area contributed by atoms with Crippen molar-refractivity contribution in [2.24, 2.45) is 0 Å². The minimum absolute atomic E-state index is 0.297. The molecule has 8 heteroatoms. The fourth-order valence-corrected chi connectivity index (χ4v) is 4.29. The number of hydrogen-bond acceptors (Lipinski definition) is 5. The van der Waals surface area contributed by atoms with Gasteiger partial charge in [0.25, 0.3) is 5.56 Å². The Morgan fingerprint density at radius 1 is 1.25 bits per heavy atom. The van der Waals surface area contributed by atoms with Gasteiger partial charge in [0, 0.05) is 6.54 Å². The molecule has 1 aromatic carbocycles. The van der Waals surface area contributed by atoms with Crippen molar-refractivity contribution < 1.29 is 14.6 Å². The maximum absolute atomic E-state index is 13.2. The summed E-state index contributed by atoms with van der Waals surface area (Å²) in [6.07, 6.45) is 0.502. The first-order valence-corrected chi connectivity index (χ1v) is 9.67. The first kappa shape index (κ1) is 19.9. The van der Waals surface area contributed by atoms with Crippen molar-refractivity contribution in [1.82, 2.24) is 9.13 Å². The molecule has 0 atom stereocenters. The van der Waals surface area contributed by atoms with Crippen molar-refractivity contribution in [3.63, 3.8) is 0 Å². The summed E-state index contributed by atoms with van der Waals surface area (Å²) in [4.78, 5) is 38.5. The fraction of sp³-hybridized carbons (Fsp3) is 0.350. The summed E-state index contributed by atoms with van der Waals surface area (Å²) < 4.78 is 7.70. The molecule has 0 aliphatic heterocycles. The molecule has 0 unspecified atom stereocenters. The quantitative estimate of drug-likeness (QED) is 0.684. The molecule has 3 aromatic rings. The Morgan fingerprint density at radius 2 is 1.93 bits per heavy atom. The van der Waals surface area contributed by atoms with Gasteiger partial charge in [0.05, 0.1) is 12.5 Å². The van der Waals surface area contributed by atoms with E-state index in [1.54, 1.807) is 14.0 Å². The van der Waals surface area contributed by atoms with E-state index in [0.717, 1.165) is 15.7 Å². The molecule has 148 valence electrons. The lowest BCUT2D eigenvalue weighted by atomic mass is 10.1. The van der Waals surface area contributed by atoms with Crippen molar-refractivity contribution in [2.75, 3.05) is 7.11 Å². The van der Waals surface area contributed by atoms with E-state index in [2.05, 4.69) is 0 Å². The van der Waals surface area contributed by atoms with E-state index >= 15 is 0 Å². The van der Waals surface area contributed by atoms with Gasteiger partial charge in [-0.25, -0.2) is 14.2 Å². The molecule has 0 saturated carbocycles. The van der Waals surface area contributed by atoms with E-state index in [9.17, 15) is 19.5 Å². The second kappa shape index (κ2) is 7.27. The highest BCUT2D eigenvalue weighted by atomic mass is 32.1. The zero-order valence-electron chi connectivity index (χ0n) is 16.2. The van der Waals surface area contributed by atoms with Crippen LogP contribution in [0.15, 0.2) is 39.2 Å². The normalized spacial score (nSPS) is 11.7. The van der Waals surface area contributed by atoms with E-state index in [4.69, 9.17) is 4.74 Å². The summed E-state index contributed by atoms with van der Waals surface area (Å²) in [6.45, 7) is 4.80. The predicted octanol–water partition coefficient (Wildman–Crippen LogP) is 2.60. The lowest BCUT2D eigenvalue weighted by Crippen LogP contribution is -2.52. The van der Waals surface area contributed by atoms with E-state index in [0.29, 0.717) is 28.9 Å². The number of thiophene rings is 1. The van der Waals surface area contributed by atoms with E-state index < -0.39 is 22.8 Å². The van der Waals surface area contributed by atoms with Crippen LogP contribution in [0.3, 0.4) is 0 Å². The predicted molar refractivity (Wildman–Crippen MR) is 109 cm³/mol. The van der Waals surface area contributed by atoms with Gasteiger partial charge in [-0.05, 0) is 49.8 Å². The number of nitrogens with zero attached hydrogens (tertiary/aromatic N) is 2. The number of aromatic nitrogens is 2. The third-order valence-corrected chi connectivity index (χ3v) is 6.04. The Balaban J connectivity index is 2.21. The largest absolute Gasteiger partial charge is 0.496 e. The molecule has 0 saturated heterocycles. The Labute approximate surface area is 165 Å². The van der Waals surface area contributed by atoms with Crippen LogP contribution in [-0.4, -0.2) is 27.3 Å². The summed E-state index contributed by atoms with van der Waals surface area (Å²) in [7, 11) is 1.58. The molecule has 1 N–H and O–H groups in total. The summed E-state index contributed by atoms with van der Waals surface area (Å²) in [5.41, 5.74) is -1.20. The van der Waals surface area contributed by atoms with Gasteiger partial charge in [0.1, 0.15) is 16.1 Å². The highest BCUT2D eigenvalue weighted by Gasteiger charge is 2.34. The topological polar surface area (TPSA) is 90.5 Å². The number of rotatable bonds is 6. The van der Waals surface area contributed by atoms with Crippen LogP contribution >= 0.6 is 11.3 Å². The van der Waals surface area contributed by atoms with Crippen LogP contribution in [0.5, 0.6) is 5.75 Å². The van der Waals surface area contributed by atoms with Gasteiger partial charge in [0.15, 0.2) is 0 Å². The van der Waals surface area contributed by atoms with Crippen molar-refractivity contribution in [3.8, 4) is 5.75 Å². The van der Waals surface area contributed by atoms with Gasteiger partial charge in [-0.1, -0.05) is 18.2 Å². The number of aryl methyl sites for hydroxylation is 3. The van der Waals surface area contributed by atoms with Crippen LogP contribution in [0.4, 0.5) is 0 Å². The number of carbonyl (C=O) groups is 1. The number of para-hydroxylation sites is 1. The van der Waals surface area contributed by atoms with E-state index in [1.165, 1.54) is 29.8 Å². The Morgan fingerprint density at radius 3 is 2.57 bits per heavy atom. The van der Waals surface area contributed by atoms with Crippen LogP contribution < -0.4 is 16.0 Å². The van der Waals surface area contributed by atoms with Gasteiger partial charge in [-0.2, -0.15) is 0 Å². The molecular formula is C20H22N2O5S. The molecule has 0 fully saturated rings. The first-order chi connectivity index (χ1) is 13.2. The van der Waals surface area contributed by atoms with Crippen LogP contribution in [0.1, 0.15) is 25.0 Å². The van der Waals surface area contributed by atoms with Crippen molar-refractivity contribution in [1.29, 1.82) is 0 Å². The Bertz CT molecular complexity index is 1170. The number of carboxylic acid groups (broad SMARTS) is 1. The minimum atomic E-state index is -1.66. The van der Waals surface area contributed by atoms with E-state index in [1.807, 2.05) is 29.6 Å². The zero-order chi connectivity index (χ0) is 20.6. The Hall–Kier alpha value is -2.87. The van der Waals surface area contributed by atoms with Crippen LogP contribution in [-0.2, 0) is 23.3 Å². The second-order valence-corrected chi connectivity index (χ2v) is 7.96. The van der Waals surface area contributed by atoms with Crippen LogP contribution in [0.25, 0.3) is 10.2 Å². The van der Waals surface area contributed by atoms with Crippen LogP contribution in [0.2, 0.25) is 0 Å².